The Morgan fingerprint density at radius 1 is 1.24 bits per heavy atom. The third-order valence-corrected chi connectivity index (χ3v) is 2.85. The quantitative estimate of drug-likeness (QED) is 0.836. The lowest BCUT2D eigenvalue weighted by Crippen LogP contribution is -2.15. The Bertz CT molecular complexity index is 666. The van der Waals surface area contributed by atoms with E-state index in [-0.39, 0.29) is 5.69 Å². The molecular formula is C14H12F3N3O. The Hall–Kier alpha value is -2.57. The van der Waals surface area contributed by atoms with Crippen LogP contribution in [-0.4, -0.2) is 10.9 Å². The first-order valence-corrected chi connectivity index (χ1v) is 5.98. The number of pyridine rings is 1. The minimum atomic E-state index is -4.48. The van der Waals surface area contributed by atoms with Crippen molar-refractivity contribution in [2.45, 2.75) is 13.1 Å². The number of benzene rings is 1. The summed E-state index contributed by atoms with van der Waals surface area (Å²) in [6.45, 7) is 1.78. The summed E-state index contributed by atoms with van der Waals surface area (Å²) >= 11 is 0. The second-order valence-electron chi connectivity index (χ2n) is 4.46. The van der Waals surface area contributed by atoms with E-state index >= 15 is 0 Å². The van der Waals surface area contributed by atoms with E-state index in [0.29, 0.717) is 17.6 Å². The minimum absolute atomic E-state index is 0.0996. The zero-order valence-electron chi connectivity index (χ0n) is 11.0. The molecule has 0 saturated heterocycles. The first-order valence-electron chi connectivity index (χ1n) is 5.98. The van der Waals surface area contributed by atoms with E-state index in [0.717, 1.165) is 17.7 Å². The Kier molecular flexibility index (Phi) is 3.84. The van der Waals surface area contributed by atoms with Crippen LogP contribution in [0.5, 0.6) is 0 Å². The molecule has 1 aromatic carbocycles. The molecule has 0 saturated carbocycles. The number of halogens is 3. The molecule has 2 rings (SSSR count). The van der Waals surface area contributed by atoms with Crippen molar-refractivity contribution in [1.29, 1.82) is 0 Å². The van der Waals surface area contributed by atoms with E-state index in [1.165, 1.54) is 0 Å². The molecule has 4 nitrogen and oxygen atoms in total. The summed E-state index contributed by atoms with van der Waals surface area (Å²) in [6, 6.07) is 6.74. The molecule has 1 amide bonds. The van der Waals surface area contributed by atoms with Crippen LogP contribution in [0.3, 0.4) is 0 Å². The lowest BCUT2D eigenvalue weighted by atomic mass is 10.2. The maximum Gasteiger partial charge on any atom is 0.417 e. The van der Waals surface area contributed by atoms with Crippen LogP contribution in [0.15, 0.2) is 36.5 Å². The van der Waals surface area contributed by atoms with Crippen LogP contribution in [0.4, 0.5) is 24.5 Å². The van der Waals surface area contributed by atoms with Gasteiger partial charge in [-0.05, 0) is 42.8 Å². The van der Waals surface area contributed by atoms with Gasteiger partial charge in [0.05, 0.1) is 5.56 Å². The van der Waals surface area contributed by atoms with Gasteiger partial charge >= 0.3 is 6.18 Å². The Morgan fingerprint density at radius 3 is 2.48 bits per heavy atom. The lowest BCUT2D eigenvalue weighted by molar-refractivity contribution is -0.137. The van der Waals surface area contributed by atoms with Crippen molar-refractivity contribution in [2.75, 3.05) is 11.1 Å². The molecule has 1 aromatic heterocycles. The average Bonchev–Trinajstić information content (AvgIpc) is 2.42. The smallest absolute Gasteiger partial charge is 0.399 e. The largest absolute Gasteiger partial charge is 0.417 e. The van der Waals surface area contributed by atoms with Crippen molar-refractivity contribution < 1.29 is 18.0 Å². The van der Waals surface area contributed by atoms with Gasteiger partial charge in [-0.1, -0.05) is 0 Å². The minimum Gasteiger partial charge on any atom is -0.399 e. The number of alkyl halides is 3. The predicted octanol–water partition coefficient (Wildman–Crippen LogP) is 3.24. The molecule has 0 radical (unpaired) electrons. The molecule has 110 valence electrons. The van der Waals surface area contributed by atoms with E-state index < -0.39 is 17.6 Å². The molecule has 0 aliphatic rings. The highest BCUT2D eigenvalue weighted by Gasteiger charge is 2.30. The molecule has 0 aliphatic heterocycles. The number of nitrogens with one attached hydrogen (secondary N) is 1. The first kappa shape index (κ1) is 14.8. The van der Waals surface area contributed by atoms with Crippen molar-refractivity contribution >= 4 is 17.3 Å². The molecule has 3 N–H and O–H groups in total. The van der Waals surface area contributed by atoms with Gasteiger partial charge in [-0.25, -0.2) is 0 Å². The highest BCUT2D eigenvalue weighted by Crippen LogP contribution is 2.28. The van der Waals surface area contributed by atoms with Crippen molar-refractivity contribution in [3.63, 3.8) is 0 Å². The number of amides is 1. The fourth-order valence-electron chi connectivity index (χ4n) is 1.64. The van der Waals surface area contributed by atoms with Gasteiger partial charge < -0.3 is 11.1 Å². The topological polar surface area (TPSA) is 68.0 Å². The van der Waals surface area contributed by atoms with E-state index in [1.807, 2.05) is 0 Å². The molecule has 0 unspecified atom stereocenters. The first-order chi connectivity index (χ1) is 9.77. The highest BCUT2D eigenvalue weighted by molar-refractivity contribution is 6.02. The number of nitrogen functional groups attached to an aromatic ring is 1. The van der Waals surface area contributed by atoms with Crippen molar-refractivity contribution in [3.05, 3.63) is 53.3 Å². The van der Waals surface area contributed by atoms with Crippen LogP contribution in [-0.2, 0) is 6.18 Å². The van der Waals surface area contributed by atoms with Gasteiger partial charge in [0.1, 0.15) is 5.69 Å². The maximum absolute atomic E-state index is 12.4. The number of aromatic nitrogens is 1. The number of nitrogens with two attached hydrogens (primary N) is 1. The number of carbonyl (C=O) groups is 1. The highest BCUT2D eigenvalue weighted by atomic mass is 19.4. The predicted molar refractivity (Wildman–Crippen MR) is 72.8 cm³/mol. The maximum atomic E-state index is 12.4. The van der Waals surface area contributed by atoms with Gasteiger partial charge in [0.2, 0.25) is 0 Å². The van der Waals surface area contributed by atoms with Crippen LogP contribution in [0.1, 0.15) is 21.6 Å². The monoisotopic (exact) mass is 295 g/mol. The number of carbonyl (C=O) groups excluding carboxylic acids is 1. The summed E-state index contributed by atoms with van der Waals surface area (Å²) < 4.78 is 37.2. The number of aryl methyl sites for hydroxylation is 1. The van der Waals surface area contributed by atoms with Crippen molar-refractivity contribution in [3.8, 4) is 0 Å². The number of anilines is 2. The molecule has 0 aliphatic carbocycles. The Morgan fingerprint density at radius 2 is 1.95 bits per heavy atom. The second kappa shape index (κ2) is 5.43. The molecule has 2 aromatic rings. The molecule has 0 spiro atoms. The van der Waals surface area contributed by atoms with Crippen LogP contribution in [0.25, 0.3) is 0 Å². The van der Waals surface area contributed by atoms with Gasteiger partial charge in [0, 0.05) is 17.6 Å². The molecular weight excluding hydrogens is 283 g/mol. The average molecular weight is 295 g/mol. The van der Waals surface area contributed by atoms with E-state index in [1.54, 1.807) is 25.1 Å². The summed E-state index contributed by atoms with van der Waals surface area (Å²) in [5.41, 5.74) is 6.52. The second-order valence-corrected chi connectivity index (χ2v) is 4.46. The summed E-state index contributed by atoms with van der Waals surface area (Å²) in [6.07, 6.45) is -3.85. The van der Waals surface area contributed by atoms with Crippen molar-refractivity contribution in [1.82, 2.24) is 4.98 Å². The number of nitrogens with zero attached hydrogens (tertiary/aromatic N) is 1. The van der Waals surface area contributed by atoms with Crippen LogP contribution < -0.4 is 11.1 Å². The summed E-state index contributed by atoms with van der Waals surface area (Å²) in [7, 11) is 0. The van der Waals surface area contributed by atoms with Gasteiger partial charge in [-0.15, -0.1) is 0 Å². The van der Waals surface area contributed by atoms with E-state index in [2.05, 4.69) is 10.3 Å². The number of hydrogen-bond acceptors (Lipinski definition) is 3. The van der Waals surface area contributed by atoms with Gasteiger partial charge in [-0.3, -0.25) is 9.78 Å². The normalized spacial score (nSPS) is 11.2. The standard InChI is InChI=1S/C14H12F3N3O/c1-8-6-10(3-4-11(8)18)20-13(21)12-5-2-9(7-19-12)14(15,16)17/h2-7H,18H2,1H3,(H,20,21). The summed E-state index contributed by atoms with van der Waals surface area (Å²) in [5, 5.41) is 2.55. The van der Waals surface area contributed by atoms with Gasteiger partial charge in [-0.2, -0.15) is 13.2 Å². The third-order valence-electron chi connectivity index (χ3n) is 2.85. The lowest BCUT2D eigenvalue weighted by Gasteiger charge is -2.08. The SMILES string of the molecule is Cc1cc(NC(=O)c2ccc(C(F)(F)F)cn2)ccc1N. The molecule has 0 fully saturated rings. The molecule has 21 heavy (non-hydrogen) atoms. The fourth-order valence-corrected chi connectivity index (χ4v) is 1.64. The van der Waals surface area contributed by atoms with Crippen LogP contribution >= 0.6 is 0 Å². The Labute approximate surface area is 118 Å². The zero-order valence-corrected chi connectivity index (χ0v) is 11.0. The zero-order chi connectivity index (χ0) is 15.6. The molecule has 0 bridgehead atoms. The molecule has 1 heterocycles. The van der Waals surface area contributed by atoms with Gasteiger partial charge in [0.25, 0.3) is 5.91 Å². The summed E-state index contributed by atoms with van der Waals surface area (Å²) in [5.74, 6) is -0.590. The number of hydrogen-bond donors (Lipinski definition) is 2. The van der Waals surface area contributed by atoms with Crippen molar-refractivity contribution in [2.24, 2.45) is 0 Å². The molecule has 0 atom stereocenters. The number of rotatable bonds is 2. The third kappa shape index (κ3) is 3.50. The Balaban J connectivity index is 2.15. The van der Waals surface area contributed by atoms with E-state index in [9.17, 15) is 18.0 Å². The van der Waals surface area contributed by atoms with E-state index in [4.69, 9.17) is 5.73 Å². The summed E-state index contributed by atoms with van der Waals surface area (Å²) in [4.78, 5) is 15.4. The van der Waals surface area contributed by atoms with Crippen LogP contribution in [0, 0.1) is 6.92 Å². The molecule has 7 heteroatoms. The van der Waals surface area contributed by atoms with Crippen LogP contribution in [0.2, 0.25) is 0 Å². The van der Waals surface area contributed by atoms with Gasteiger partial charge in [0.15, 0.2) is 0 Å². The fraction of sp³-hybridized carbons (Fsp3) is 0.143.